The first kappa shape index (κ1) is 14.3. The number of nitrogens with zero attached hydrogens (tertiary/aromatic N) is 3. The molecule has 0 spiro atoms. The predicted molar refractivity (Wildman–Crippen MR) is 73.6 cm³/mol. The van der Waals surface area contributed by atoms with Crippen LogP contribution in [0.15, 0.2) is 46.0 Å². The molecule has 0 aliphatic carbocycles. The van der Waals surface area contributed by atoms with Gasteiger partial charge in [0, 0.05) is 24.5 Å². The van der Waals surface area contributed by atoms with E-state index in [9.17, 15) is 18.5 Å². The van der Waals surface area contributed by atoms with Crippen molar-refractivity contribution >= 4 is 37.6 Å². The monoisotopic (exact) mass is 358 g/mol. The summed E-state index contributed by atoms with van der Waals surface area (Å²) in [6.07, 6.45) is 2.78. The van der Waals surface area contributed by atoms with E-state index >= 15 is 0 Å². The number of rotatable bonds is 4. The molecule has 10 heteroatoms. The average molecular weight is 359 g/mol. The minimum atomic E-state index is -3.88. The van der Waals surface area contributed by atoms with Crippen LogP contribution < -0.4 is 4.72 Å². The maximum absolute atomic E-state index is 12.0. The summed E-state index contributed by atoms with van der Waals surface area (Å²) in [4.78, 5) is 17.3. The van der Waals surface area contributed by atoms with E-state index < -0.39 is 14.9 Å². The number of nitrogens with one attached hydrogen (secondary N) is 1. The number of halogens is 1. The summed E-state index contributed by atoms with van der Waals surface area (Å²) in [5, 5.41) is 10.5. The molecule has 104 valence electrons. The summed E-state index contributed by atoms with van der Waals surface area (Å²) in [6, 6.07) is 4.49. The Labute approximate surface area is 122 Å². The number of non-ortho nitro benzene ring substituents is 1. The van der Waals surface area contributed by atoms with Crippen molar-refractivity contribution in [2.24, 2.45) is 0 Å². The van der Waals surface area contributed by atoms with Gasteiger partial charge in [-0.15, -0.1) is 0 Å². The lowest BCUT2D eigenvalue weighted by molar-refractivity contribution is -0.384. The Balaban J connectivity index is 2.26. The summed E-state index contributed by atoms with van der Waals surface area (Å²) >= 11 is 3.13. The quantitative estimate of drug-likeness (QED) is 0.659. The third-order valence-corrected chi connectivity index (χ3v) is 3.96. The Bertz CT molecular complexity index is 731. The Morgan fingerprint density at radius 2 is 1.70 bits per heavy atom. The van der Waals surface area contributed by atoms with E-state index in [-0.39, 0.29) is 16.5 Å². The first-order chi connectivity index (χ1) is 9.38. The molecule has 0 saturated heterocycles. The highest BCUT2D eigenvalue weighted by Crippen LogP contribution is 2.18. The molecule has 1 aromatic carbocycles. The van der Waals surface area contributed by atoms with E-state index in [1.165, 1.54) is 12.4 Å². The smallest absolute Gasteiger partial charge is 0.258 e. The normalized spacial score (nSPS) is 11.1. The van der Waals surface area contributed by atoms with Gasteiger partial charge in [0.05, 0.1) is 14.3 Å². The second-order valence-electron chi connectivity index (χ2n) is 3.58. The van der Waals surface area contributed by atoms with Crippen molar-refractivity contribution in [3.63, 3.8) is 0 Å². The van der Waals surface area contributed by atoms with Gasteiger partial charge in [-0.3, -0.25) is 10.1 Å². The topological polar surface area (TPSA) is 115 Å². The molecule has 1 N–H and O–H groups in total. The lowest BCUT2D eigenvalue weighted by Gasteiger charge is -2.06. The Morgan fingerprint density at radius 1 is 1.15 bits per heavy atom. The van der Waals surface area contributed by atoms with Crippen molar-refractivity contribution in [1.29, 1.82) is 0 Å². The largest absolute Gasteiger partial charge is 0.269 e. The van der Waals surface area contributed by atoms with Gasteiger partial charge in [-0.25, -0.2) is 23.1 Å². The fourth-order valence-corrected chi connectivity index (χ4v) is 2.45. The van der Waals surface area contributed by atoms with Crippen LogP contribution in [0.3, 0.4) is 0 Å². The highest BCUT2D eigenvalue weighted by molar-refractivity contribution is 9.10. The minimum Gasteiger partial charge on any atom is -0.258 e. The van der Waals surface area contributed by atoms with E-state index in [1.54, 1.807) is 0 Å². The molecule has 0 radical (unpaired) electrons. The first-order valence-corrected chi connectivity index (χ1v) is 7.41. The molecule has 0 saturated carbocycles. The average Bonchev–Trinajstić information content (AvgIpc) is 2.41. The van der Waals surface area contributed by atoms with Crippen LogP contribution in [-0.2, 0) is 10.0 Å². The van der Waals surface area contributed by atoms with Crippen LogP contribution in [0.2, 0.25) is 0 Å². The second-order valence-corrected chi connectivity index (χ2v) is 6.18. The van der Waals surface area contributed by atoms with Crippen molar-refractivity contribution in [3.05, 3.63) is 51.2 Å². The summed E-state index contributed by atoms with van der Waals surface area (Å²) in [5.74, 6) is -0.0912. The van der Waals surface area contributed by atoms with Crippen molar-refractivity contribution in [1.82, 2.24) is 9.97 Å². The first-order valence-electron chi connectivity index (χ1n) is 5.13. The van der Waals surface area contributed by atoms with E-state index in [0.717, 1.165) is 24.3 Å². The van der Waals surface area contributed by atoms with Crippen molar-refractivity contribution in [2.45, 2.75) is 4.90 Å². The molecule has 0 unspecified atom stereocenters. The lowest BCUT2D eigenvalue weighted by Crippen LogP contribution is -2.14. The van der Waals surface area contributed by atoms with Crippen LogP contribution in [0.5, 0.6) is 0 Å². The van der Waals surface area contributed by atoms with Gasteiger partial charge in [0.2, 0.25) is 5.95 Å². The summed E-state index contributed by atoms with van der Waals surface area (Å²) in [7, 11) is -3.88. The highest BCUT2D eigenvalue weighted by atomic mass is 79.9. The zero-order chi connectivity index (χ0) is 14.8. The lowest BCUT2D eigenvalue weighted by atomic mass is 10.3. The van der Waals surface area contributed by atoms with Gasteiger partial charge in [-0.2, -0.15) is 0 Å². The summed E-state index contributed by atoms with van der Waals surface area (Å²) in [5.41, 5.74) is -0.191. The summed E-state index contributed by atoms with van der Waals surface area (Å²) in [6.45, 7) is 0. The van der Waals surface area contributed by atoms with Crippen LogP contribution in [0.4, 0.5) is 11.6 Å². The van der Waals surface area contributed by atoms with Gasteiger partial charge in [-0.1, -0.05) is 0 Å². The van der Waals surface area contributed by atoms with Crippen LogP contribution >= 0.6 is 15.9 Å². The number of anilines is 1. The molecule has 0 atom stereocenters. The molecule has 0 amide bonds. The molecule has 8 nitrogen and oxygen atoms in total. The van der Waals surface area contributed by atoms with Crippen LogP contribution in [-0.4, -0.2) is 23.3 Å². The molecule has 0 aliphatic rings. The molecule has 0 fully saturated rings. The highest BCUT2D eigenvalue weighted by Gasteiger charge is 2.17. The Hall–Kier alpha value is -2.07. The third-order valence-electron chi connectivity index (χ3n) is 2.20. The number of nitro benzene ring substituents is 1. The second kappa shape index (κ2) is 5.51. The molecule has 2 rings (SSSR count). The van der Waals surface area contributed by atoms with Gasteiger partial charge in [0.15, 0.2) is 0 Å². The number of nitro groups is 1. The Kier molecular flexibility index (Phi) is 3.95. The molecule has 1 aromatic heterocycles. The van der Waals surface area contributed by atoms with Gasteiger partial charge in [0.25, 0.3) is 15.7 Å². The molecule has 2 aromatic rings. The van der Waals surface area contributed by atoms with Crippen LogP contribution in [0.1, 0.15) is 0 Å². The van der Waals surface area contributed by atoms with Gasteiger partial charge < -0.3 is 0 Å². The van der Waals surface area contributed by atoms with Crippen LogP contribution in [0, 0.1) is 10.1 Å². The maximum Gasteiger partial charge on any atom is 0.269 e. The zero-order valence-corrected chi connectivity index (χ0v) is 12.1. The van der Waals surface area contributed by atoms with Gasteiger partial charge in [0.1, 0.15) is 0 Å². The molecule has 0 bridgehead atoms. The van der Waals surface area contributed by atoms with Crippen LogP contribution in [0.25, 0.3) is 0 Å². The van der Waals surface area contributed by atoms with E-state index in [4.69, 9.17) is 0 Å². The van der Waals surface area contributed by atoms with Gasteiger partial charge in [-0.05, 0) is 28.1 Å². The predicted octanol–water partition coefficient (Wildman–Crippen LogP) is 1.95. The fourth-order valence-electron chi connectivity index (χ4n) is 1.29. The number of aromatic nitrogens is 2. The minimum absolute atomic E-state index is 0.0912. The van der Waals surface area contributed by atoms with E-state index in [0.29, 0.717) is 4.47 Å². The number of sulfonamides is 1. The molecule has 20 heavy (non-hydrogen) atoms. The molecular weight excluding hydrogens is 352 g/mol. The van der Waals surface area contributed by atoms with Crippen molar-refractivity contribution in [3.8, 4) is 0 Å². The molecule has 0 aliphatic heterocycles. The van der Waals surface area contributed by atoms with E-state index in [2.05, 4.69) is 30.6 Å². The molecule has 1 heterocycles. The summed E-state index contributed by atoms with van der Waals surface area (Å²) < 4.78 is 26.8. The fraction of sp³-hybridized carbons (Fsp3) is 0. The zero-order valence-electron chi connectivity index (χ0n) is 9.72. The third kappa shape index (κ3) is 3.27. The SMILES string of the molecule is O=[N+]([O-])c1ccc(S(=O)(=O)Nc2ncc(Br)cn2)cc1. The van der Waals surface area contributed by atoms with Crippen molar-refractivity contribution < 1.29 is 13.3 Å². The maximum atomic E-state index is 12.0. The van der Waals surface area contributed by atoms with Gasteiger partial charge >= 0.3 is 0 Å². The Morgan fingerprint density at radius 3 is 2.20 bits per heavy atom. The number of hydrogen-bond acceptors (Lipinski definition) is 6. The number of hydrogen-bond donors (Lipinski definition) is 1. The standard InChI is InChI=1S/C10H7BrN4O4S/c11-7-5-12-10(13-6-7)14-20(18,19)9-3-1-8(2-4-9)15(16)17/h1-6H,(H,12,13,14). The number of benzene rings is 1. The van der Waals surface area contributed by atoms with E-state index in [1.807, 2.05) is 0 Å². The molecular formula is C10H7BrN4O4S. The van der Waals surface area contributed by atoms with Crippen molar-refractivity contribution in [2.75, 3.05) is 4.72 Å².